The van der Waals surface area contributed by atoms with Crippen molar-refractivity contribution in [1.29, 1.82) is 0 Å². The predicted molar refractivity (Wildman–Crippen MR) is 105 cm³/mol. The molecule has 2 rings (SSSR count). The molecule has 0 saturated heterocycles. The zero-order valence-corrected chi connectivity index (χ0v) is 15.8. The summed E-state index contributed by atoms with van der Waals surface area (Å²) in [7, 11) is 0. The number of hydrogen-bond donors (Lipinski definition) is 3. The van der Waals surface area contributed by atoms with Gasteiger partial charge in [-0.15, -0.1) is 11.3 Å². The second-order valence-electron chi connectivity index (χ2n) is 6.86. The van der Waals surface area contributed by atoms with E-state index in [9.17, 15) is 4.79 Å². The van der Waals surface area contributed by atoms with Gasteiger partial charge in [-0.1, -0.05) is 18.2 Å². The van der Waals surface area contributed by atoms with Crippen LogP contribution >= 0.6 is 11.3 Å². The summed E-state index contributed by atoms with van der Waals surface area (Å²) in [5, 5.41) is 8.14. The lowest BCUT2D eigenvalue weighted by Crippen LogP contribution is -2.40. The fourth-order valence-electron chi connectivity index (χ4n) is 2.22. The molecule has 6 heteroatoms. The van der Waals surface area contributed by atoms with Crippen LogP contribution in [0.15, 0.2) is 46.8 Å². The lowest BCUT2D eigenvalue weighted by atomic mass is 10.1. The van der Waals surface area contributed by atoms with Crippen molar-refractivity contribution in [2.75, 3.05) is 6.54 Å². The molecule has 0 atom stereocenters. The highest BCUT2D eigenvalue weighted by atomic mass is 32.1. The summed E-state index contributed by atoms with van der Waals surface area (Å²) in [4.78, 5) is 17.9. The quantitative estimate of drug-likeness (QED) is 0.549. The summed E-state index contributed by atoms with van der Waals surface area (Å²) in [6.45, 7) is 7.07. The SMILES string of the molecule is CC(C)(C)NC(=O)c1cccc(CN=C(N)NCCc2cccs2)c1. The van der Waals surface area contributed by atoms with Gasteiger partial charge in [0.25, 0.3) is 5.91 Å². The Morgan fingerprint density at radius 3 is 2.72 bits per heavy atom. The van der Waals surface area contributed by atoms with Crippen molar-refractivity contribution in [2.45, 2.75) is 39.3 Å². The smallest absolute Gasteiger partial charge is 0.251 e. The summed E-state index contributed by atoms with van der Waals surface area (Å²) in [5.74, 6) is 0.335. The molecule has 2 aromatic rings. The van der Waals surface area contributed by atoms with Crippen LogP contribution in [0.1, 0.15) is 41.6 Å². The molecule has 0 aliphatic heterocycles. The van der Waals surface area contributed by atoms with Gasteiger partial charge in [0.2, 0.25) is 0 Å². The highest BCUT2D eigenvalue weighted by molar-refractivity contribution is 7.09. The van der Waals surface area contributed by atoms with Crippen molar-refractivity contribution in [2.24, 2.45) is 10.7 Å². The van der Waals surface area contributed by atoms with Crippen LogP contribution in [0.2, 0.25) is 0 Å². The minimum atomic E-state index is -0.262. The van der Waals surface area contributed by atoms with Gasteiger partial charge in [0.1, 0.15) is 0 Å². The molecule has 1 amide bonds. The van der Waals surface area contributed by atoms with Crippen LogP contribution in [0.4, 0.5) is 0 Å². The van der Waals surface area contributed by atoms with Gasteiger partial charge >= 0.3 is 0 Å². The molecular formula is C19H26N4OS. The molecule has 0 aliphatic rings. The van der Waals surface area contributed by atoms with Gasteiger partial charge in [0, 0.05) is 22.5 Å². The molecule has 1 heterocycles. The van der Waals surface area contributed by atoms with Crippen LogP contribution in [0.25, 0.3) is 0 Å². The Morgan fingerprint density at radius 1 is 1.24 bits per heavy atom. The molecule has 0 aliphatic carbocycles. The zero-order valence-electron chi connectivity index (χ0n) is 15.0. The molecule has 5 nitrogen and oxygen atoms in total. The Balaban J connectivity index is 1.87. The molecule has 0 bridgehead atoms. The van der Waals surface area contributed by atoms with Gasteiger partial charge in [-0.25, -0.2) is 4.99 Å². The first-order valence-electron chi connectivity index (χ1n) is 8.31. The average Bonchev–Trinajstić information content (AvgIpc) is 3.05. The summed E-state index contributed by atoms with van der Waals surface area (Å²) in [5.41, 5.74) is 7.22. The van der Waals surface area contributed by atoms with Crippen LogP contribution in [0.3, 0.4) is 0 Å². The van der Waals surface area contributed by atoms with E-state index < -0.39 is 0 Å². The Bertz CT molecular complexity index is 717. The maximum Gasteiger partial charge on any atom is 0.251 e. The summed E-state index contributed by atoms with van der Waals surface area (Å²) < 4.78 is 0. The maximum atomic E-state index is 12.2. The highest BCUT2D eigenvalue weighted by Crippen LogP contribution is 2.09. The first-order chi connectivity index (χ1) is 11.8. The molecule has 4 N–H and O–H groups in total. The average molecular weight is 359 g/mol. The minimum absolute atomic E-state index is 0.0830. The van der Waals surface area contributed by atoms with E-state index >= 15 is 0 Å². The van der Waals surface area contributed by atoms with Crippen LogP contribution in [0, 0.1) is 0 Å². The van der Waals surface area contributed by atoms with E-state index in [2.05, 4.69) is 27.1 Å². The molecule has 0 spiro atoms. The Kier molecular flexibility index (Phi) is 6.58. The monoisotopic (exact) mass is 358 g/mol. The lowest BCUT2D eigenvalue weighted by molar-refractivity contribution is 0.0919. The Labute approximate surface area is 153 Å². The number of hydrogen-bond acceptors (Lipinski definition) is 3. The number of guanidine groups is 1. The van der Waals surface area contributed by atoms with Crippen molar-refractivity contribution in [3.8, 4) is 0 Å². The number of benzene rings is 1. The minimum Gasteiger partial charge on any atom is -0.370 e. The van der Waals surface area contributed by atoms with Crippen molar-refractivity contribution in [3.63, 3.8) is 0 Å². The molecule has 25 heavy (non-hydrogen) atoms. The molecule has 0 fully saturated rings. The molecule has 0 saturated carbocycles. The maximum absolute atomic E-state index is 12.2. The predicted octanol–water partition coefficient (Wildman–Crippen LogP) is 2.92. The fraction of sp³-hybridized carbons (Fsp3) is 0.368. The molecule has 0 unspecified atom stereocenters. The summed E-state index contributed by atoms with van der Waals surface area (Å²) >= 11 is 1.73. The number of rotatable bonds is 6. The van der Waals surface area contributed by atoms with Gasteiger partial charge in [0.05, 0.1) is 6.54 Å². The third-order valence-corrected chi connectivity index (χ3v) is 4.30. The number of thiophene rings is 1. The van der Waals surface area contributed by atoms with Crippen LogP contribution in [-0.2, 0) is 13.0 Å². The molecule has 1 aromatic heterocycles. The first-order valence-corrected chi connectivity index (χ1v) is 9.19. The van der Waals surface area contributed by atoms with Crippen molar-refractivity contribution < 1.29 is 4.79 Å². The number of carbonyl (C=O) groups is 1. The number of carbonyl (C=O) groups excluding carboxylic acids is 1. The number of amides is 1. The van der Waals surface area contributed by atoms with E-state index in [1.807, 2.05) is 45.0 Å². The van der Waals surface area contributed by atoms with Gasteiger partial charge < -0.3 is 16.4 Å². The van der Waals surface area contributed by atoms with E-state index in [1.54, 1.807) is 17.4 Å². The van der Waals surface area contributed by atoms with E-state index in [0.717, 1.165) is 18.5 Å². The van der Waals surface area contributed by atoms with Crippen LogP contribution < -0.4 is 16.4 Å². The standard InChI is InChI=1S/C19H26N4OS/c1-19(2,3)23-17(24)15-7-4-6-14(12-15)13-22-18(20)21-10-9-16-8-5-11-25-16/h4-8,11-12H,9-10,13H2,1-3H3,(H,23,24)(H3,20,21,22). The van der Waals surface area contributed by atoms with Gasteiger partial charge in [-0.3, -0.25) is 4.79 Å². The number of nitrogens with zero attached hydrogens (tertiary/aromatic N) is 1. The molecule has 0 radical (unpaired) electrons. The zero-order chi connectivity index (χ0) is 18.3. The second kappa shape index (κ2) is 8.67. The summed E-state index contributed by atoms with van der Waals surface area (Å²) in [6, 6.07) is 11.6. The van der Waals surface area contributed by atoms with Crippen molar-refractivity contribution in [1.82, 2.24) is 10.6 Å². The van der Waals surface area contributed by atoms with Crippen molar-refractivity contribution in [3.05, 3.63) is 57.8 Å². The third-order valence-electron chi connectivity index (χ3n) is 3.37. The van der Waals surface area contributed by atoms with E-state index in [1.165, 1.54) is 4.88 Å². The van der Waals surface area contributed by atoms with Gasteiger partial charge in [0.15, 0.2) is 5.96 Å². The lowest BCUT2D eigenvalue weighted by Gasteiger charge is -2.20. The second-order valence-corrected chi connectivity index (χ2v) is 7.89. The Hall–Kier alpha value is -2.34. The fourth-order valence-corrected chi connectivity index (χ4v) is 2.93. The third kappa shape index (κ3) is 6.97. The van der Waals surface area contributed by atoms with Crippen molar-refractivity contribution >= 4 is 23.2 Å². The van der Waals surface area contributed by atoms with Gasteiger partial charge in [-0.2, -0.15) is 0 Å². The normalized spacial score (nSPS) is 12.0. The summed E-state index contributed by atoms with van der Waals surface area (Å²) in [6.07, 6.45) is 0.927. The van der Waals surface area contributed by atoms with Crippen LogP contribution in [-0.4, -0.2) is 24.0 Å². The largest absolute Gasteiger partial charge is 0.370 e. The number of nitrogens with one attached hydrogen (secondary N) is 2. The van der Waals surface area contributed by atoms with E-state index in [0.29, 0.717) is 18.1 Å². The highest BCUT2D eigenvalue weighted by Gasteiger charge is 2.15. The molecule has 134 valence electrons. The molecular weight excluding hydrogens is 332 g/mol. The number of aliphatic imine (C=N–C) groups is 1. The Morgan fingerprint density at radius 2 is 2.04 bits per heavy atom. The molecule has 1 aromatic carbocycles. The van der Waals surface area contributed by atoms with Crippen LogP contribution in [0.5, 0.6) is 0 Å². The van der Waals surface area contributed by atoms with E-state index in [-0.39, 0.29) is 11.4 Å². The number of nitrogens with two attached hydrogens (primary N) is 1. The van der Waals surface area contributed by atoms with E-state index in [4.69, 9.17) is 5.73 Å². The topological polar surface area (TPSA) is 79.5 Å². The first kappa shape index (κ1) is 19.0. The van der Waals surface area contributed by atoms with Gasteiger partial charge in [-0.05, 0) is 56.3 Å².